The highest BCUT2D eigenvalue weighted by Gasteiger charge is 2.00. The summed E-state index contributed by atoms with van der Waals surface area (Å²) in [5.41, 5.74) is 7.41. The van der Waals surface area contributed by atoms with Gasteiger partial charge in [0.05, 0.1) is 0 Å². The molecule has 1 heterocycles. The first kappa shape index (κ1) is 10.3. The molecule has 2 N–H and O–H groups in total. The lowest BCUT2D eigenvalue weighted by Gasteiger charge is -2.01. The fraction of sp³-hybridized carbons (Fsp3) is 0.0909. The van der Waals surface area contributed by atoms with Crippen LogP contribution in [0.5, 0.6) is 0 Å². The monoisotopic (exact) mass is 263 g/mol. The second-order valence-electron chi connectivity index (χ2n) is 3.13. The lowest BCUT2D eigenvalue weighted by Crippen LogP contribution is -1.98. The number of halogens is 1. The predicted octanol–water partition coefficient (Wildman–Crippen LogP) is 2.36. The summed E-state index contributed by atoms with van der Waals surface area (Å²) in [5.74, 6) is 0.716. The third-order valence-corrected chi connectivity index (χ3v) is 2.52. The Morgan fingerprint density at radius 2 is 1.93 bits per heavy atom. The van der Waals surface area contributed by atoms with Gasteiger partial charge >= 0.3 is 0 Å². The highest BCUT2D eigenvalue weighted by molar-refractivity contribution is 9.10. The van der Waals surface area contributed by atoms with E-state index in [1.54, 1.807) is 12.4 Å². The molecule has 0 aliphatic heterocycles. The first-order valence-electron chi connectivity index (χ1n) is 4.56. The van der Waals surface area contributed by atoms with Gasteiger partial charge in [-0.25, -0.2) is 9.97 Å². The molecule has 0 bridgehead atoms. The minimum atomic E-state index is 0.471. The second-order valence-corrected chi connectivity index (χ2v) is 4.05. The van der Waals surface area contributed by atoms with Gasteiger partial charge in [-0.3, -0.25) is 0 Å². The number of hydrogen-bond acceptors (Lipinski definition) is 3. The summed E-state index contributed by atoms with van der Waals surface area (Å²) in [5, 5.41) is 0. The summed E-state index contributed by atoms with van der Waals surface area (Å²) in [6.45, 7) is 0.471. The molecule has 0 atom stereocenters. The standard InChI is InChI=1S/C11H10BrN3/c12-10-3-1-2-9(4-10)11-14-6-8(5-13)7-15-11/h1-4,6-7H,5,13H2. The highest BCUT2D eigenvalue weighted by Crippen LogP contribution is 2.19. The van der Waals surface area contributed by atoms with Gasteiger partial charge in [0.25, 0.3) is 0 Å². The van der Waals surface area contributed by atoms with Gasteiger partial charge in [0.1, 0.15) is 0 Å². The molecule has 0 spiro atoms. The van der Waals surface area contributed by atoms with Gasteiger partial charge in [-0.1, -0.05) is 28.1 Å². The zero-order chi connectivity index (χ0) is 10.7. The van der Waals surface area contributed by atoms with Crippen molar-refractivity contribution in [2.45, 2.75) is 6.54 Å². The Morgan fingerprint density at radius 3 is 2.53 bits per heavy atom. The lowest BCUT2D eigenvalue weighted by atomic mass is 10.2. The van der Waals surface area contributed by atoms with Crippen LogP contribution in [-0.2, 0) is 6.54 Å². The summed E-state index contributed by atoms with van der Waals surface area (Å²) in [4.78, 5) is 8.50. The summed E-state index contributed by atoms with van der Waals surface area (Å²) in [6.07, 6.45) is 3.51. The average molecular weight is 264 g/mol. The van der Waals surface area contributed by atoms with Crippen molar-refractivity contribution in [3.8, 4) is 11.4 Å². The van der Waals surface area contributed by atoms with Crippen molar-refractivity contribution >= 4 is 15.9 Å². The van der Waals surface area contributed by atoms with Crippen LogP contribution in [0.2, 0.25) is 0 Å². The molecule has 0 aliphatic rings. The molecule has 15 heavy (non-hydrogen) atoms. The Balaban J connectivity index is 2.37. The van der Waals surface area contributed by atoms with Crippen molar-refractivity contribution in [2.75, 3.05) is 0 Å². The van der Waals surface area contributed by atoms with Crippen LogP contribution < -0.4 is 5.73 Å². The van der Waals surface area contributed by atoms with Crippen molar-refractivity contribution in [1.82, 2.24) is 9.97 Å². The van der Waals surface area contributed by atoms with Gasteiger partial charge in [-0.15, -0.1) is 0 Å². The molecule has 0 saturated heterocycles. The normalized spacial score (nSPS) is 10.3. The SMILES string of the molecule is NCc1cnc(-c2cccc(Br)c2)nc1. The van der Waals surface area contributed by atoms with Gasteiger partial charge in [-0.2, -0.15) is 0 Å². The van der Waals surface area contributed by atoms with Gasteiger partial charge < -0.3 is 5.73 Å². The summed E-state index contributed by atoms with van der Waals surface area (Å²) in [6, 6.07) is 7.89. The molecule has 0 radical (unpaired) electrons. The van der Waals surface area contributed by atoms with Crippen LogP contribution in [0.1, 0.15) is 5.56 Å². The van der Waals surface area contributed by atoms with Crippen LogP contribution in [0.15, 0.2) is 41.1 Å². The number of nitrogens with two attached hydrogens (primary N) is 1. The Kier molecular flexibility index (Phi) is 3.08. The minimum Gasteiger partial charge on any atom is -0.326 e. The van der Waals surface area contributed by atoms with E-state index < -0.39 is 0 Å². The molecule has 2 aromatic rings. The highest BCUT2D eigenvalue weighted by atomic mass is 79.9. The topological polar surface area (TPSA) is 51.8 Å². The number of aromatic nitrogens is 2. The number of hydrogen-bond donors (Lipinski definition) is 1. The fourth-order valence-corrected chi connectivity index (χ4v) is 1.64. The molecule has 1 aromatic carbocycles. The summed E-state index contributed by atoms with van der Waals surface area (Å²) < 4.78 is 1.02. The molecule has 0 amide bonds. The Bertz CT molecular complexity index is 454. The molecule has 3 nitrogen and oxygen atoms in total. The largest absolute Gasteiger partial charge is 0.326 e. The van der Waals surface area contributed by atoms with Gasteiger partial charge in [0.15, 0.2) is 5.82 Å². The van der Waals surface area contributed by atoms with Gasteiger partial charge in [0, 0.05) is 34.5 Å². The van der Waals surface area contributed by atoms with E-state index in [0.717, 1.165) is 15.6 Å². The fourth-order valence-electron chi connectivity index (χ4n) is 1.24. The zero-order valence-electron chi connectivity index (χ0n) is 8.02. The second kappa shape index (κ2) is 4.51. The van der Waals surface area contributed by atoms with E-state index in [1.165, 1.54) is 0 Å². The van der Waals surface area contributed by atoms with Crippen LogP contribution in [0.3, 0.4) is 0 Å². The van der Waals surface area contributed by atoms with Crippen LogP contribution in [0.4, 0.5) is 0 Å². The van der Waals surface area contributed by atoms with Crippen molar-refractivity contribution < 1.29 is 0 Å². The zero-order valence-corrected chi connectivity index (χ0v) is 9.61. The average Bonchev–Trinajstić information content (AvgIpc) is 2.29. The van der Waals surface area contributed by atoms with E-state index in [2.05, 4.69) is 25.9 Å². The maximum atomic E-state index is 5.48. The first-order valence-corrected chi connectivity index (χ1v) is 5.36. The van der Waals surface area contributed by atoms with Crippen molar-refractivity contribution in [3.63, 3.8) is 0 Å². The number of nitrogens with zero attached hydrogens (tertiary/aromatic N) is 2. The maximum absolute atomic E-state index is 5.48. The molecular weight excluding hydrogens is 254 g/mol. The lowest BCUT2D eigenvalue weighted by molar-refractivity contribution is 1.01. The summed E-state index contributed by atoms with van der Waals surface area (Å²) in [7, 11) is 0. The van der Waals surface area contributed by atoms with Crippen molar-refractivity contribution in [1.29, 1.82) is 0 Å². The minimum absolute atomic E-state index is 0.471. The third-order valence-electron chi connectivity index (χ3n) is 2.02. The van der Waals surface area contributed by atoms with E-state index in [9.17, 15) is 0 Å². The molecule has 0 saturated carbocycles. The first-order chi connectivity index (χ1) is 7.29. The third kappa shape index (κ3) is 2.40. The quantitative estimate of drug-likeness (QED) is 0.905. The molecule has 4 heteroatoms. The molecule has 76 valence electrons. The van der Waals surface area contributed by atoms with E-state index in [1.807, 2.05) is 24.3 Å². The summed E-state index contributed by atoms with van der Waals surface area (Å²) >= 11 is 3.41. The maximum Gasteiger partial charge on any atom is 0.159 e. The van der Waals surface area contributed by atoms with Crippen LogP contribution >= 0.6 is 15.9 Å². The van der Waals surface area contributed by atoms with E-state index in [0.29, 0.717) is 12.4 Å². The van der Waals surface area contributed by atoms with Crippen molar-refractivity contribution in [2.24, 2.45) is 5.73 Å². The van der Waals surface area contributed by atoms with E-state index in [4.69, 9.17) is 5.73 Å². The van der Waals surface area contributed by atoms with E-state index in [-0.39, 0.29) is 0 Å². The molecule has 0 unspecified atom stereocenters. The van der Waals surface area contributed by atoms with E-state index >= 15 is 0 Å². The van der Waals surface area contributed by atoms with Crippen LogP contribution in [-0.4, -0.2) is 9.97 Å². The molecule has 2 rings (SSSR count). The molecule has 0 aliphatic carbocycles. The van der Waals surface area contributed by atoms with Crippen LogP contribution in [0.25, 0.3) is 11.4 Å². The van der Waals surface area contributed by atoms with Crippen molar-refractivity contribution in [3.05, 3.63) is 46.7 Å². The number of rotatable bonds is 2. The smallest absolute Gasteiger partial charge is 0.159 e. The molecular formula is C11H10BrN3. The van der Waals surface area contributed by atoms with Gasteiger partial charge in [-0.05, 0) is 12.1 Å². The predicted molar refractivity (Wildman–Crippen MR) is 63.1 cm³/mol. The Morgan fingerprint density at radius 1 is 1.20 bits per heavy atom. The molecule has 1 aromatic heterocycles. The Hall–Kier alpha value is -1.26. The molecule has 0 fully saturated rings. The van der Waals surface area contributed by atoms with Crippen LogP contribution in [0, 0.1) is 0 Å². The van der Waals surface area contributed by atoms with Gasteiger partial charge in [0.2, 0.25) is 0 Å². The Labute approximate surface area is 96.5 Å². The number of benzene rings is 1.